The van der Waals surface area contributed by atoms with Gasteiger partial charge >= 0.3 is 5.97 Å². The predicted molar refractivity (Wildman–Crippen MR) is 112 cm³/mol. The fourth-order valence-electron chi connectivity index (χ4n) is 4.20. The summed E-state index contributed by atoms with van der Waals surface area (Å²) in [5.74, 6) is 1.90. The molecule has 4 nitrogen and oxygen atoms in total. The SMILES string of the molecule is Cc1oc(-c2ccccc2)cc1C(Oc1ccc(C(=O)O)cc1)C1CCCCC1. The highest BCUT2D eigenvalue weighted by Crippen LogP contribution is 2.41. The van der Waals surface area contributed by atoms with Gasteiger partial charge in [-0.1, -0.05) is 49.6 Å². The van der Waals surface area contributed by atoms with Gasteiger partial charge in [0.2, 0.25) is 0 Å². The molecule has 0 amide bonds. The van der Waals surface area contributed by atoms with E-state index in [9.17, 15) is 4.79 Å². The number of ether oxygens (including phenoxy) is 1. The molecule has 1 aromatic heterocycles. The van der Waals surface area contributed by atoms with Gasteiger partial charge in [0, 0.05) is 17.0 Å². The van der Waals surface area contributed by atoms with Crippen LogP contribution in [0.15, 0.2) is 65.1 Å². The van der Waals surface area contributed by atoms with E-state index in [1.165, 1.54) is 19.3 Å². The summed E-state index contributed by atoms with van der Waals surface area (Å²) in [6.45, 7) is 1.99. The highest BCUT2D eigenvalue weighted by atomic mass is 16.5. The fraction of sp³-hybridized carbons (Fsp3) is 0.320. The smallest absolute Gasteiger partial charge is 0.335 e. The highest BCUT2D eigenvalue weighted by molar-refractivity contribution is 5.87. The molecule has 4 rings (SSSR count). The van der Waals surface area contributed by atoms with Crippen LogP contribution in [0.1, 0.15) is 59.9 Å². The summed E-state index contributed by atoms with van der Waals surface area (Å²) in [6.07, 6.45) is 5.85. The lowest BCUT2D eigenvalue weighted by Crippen LogP contribution is -2.21. The van der Waals surface area contributed by atoms with E-state index in [1.54, 1.807) is 24.3 Å². The van der Waals surface area contributed by atoms with Gasteiger partial charge in [-0.15, -0.1) is 0 Å². The Hall–Kier alpha value is -3.01. The van der Waals surface area contributed by atoms with Gasteiger partial charge in [-0.25, -0.2) is 4.79 Å². The van der Waals surface area contributed by atoms with E-state index in [0.29, 0.717) is 11.7 Å². The van der Waals surface area contributed by atoms with Crippen LogP contribution in [0.25, 0.3) is 11.3 Å². The molecule has 4 heteroatoms. The highest BCUT2D eigenvalue weighted by Gasteiger charge is 2.30. The van der Waals surface area contributed by atoms with Gasteiger partial charge in [0.25, 0.3) is 0 Å². The fourth-order valence-corrected chi connectivity index (χ4v) is 4.20. The van der Waals surface area contributed by atoms with Gasteiger partial charge in [0.15, 0.2) is 0 Å². The monoisotopic (exact) mass is 390 g/mol. The molecule has 1 saturated carbocycles. The van der Waals surface area contributed by atoms with Crippen molar-refractivity contribution in [3.05, 3.63) is 77.6 Å². The Kier molecular flexibility index (Phi) is 5.70. The Morgan fingerprint density at radius 1 is 1.03 bits per heavy atom. The molecule has 2 aromatic carbocycles. The third-order valence-corrected chi connectivity index (χ3v) is 5.76. The summed E-state index contributed by atoms with van der Waals surface area (Å²) in [7, 11) is 0. The second-order valence-corrected chi connectivity index (χ2v) is 7.75. The number of benzene rings is 2. The molecule has 0 bridgehead atoms. The van der Waals surface area contributed by atoms with Crippen molar-refractivity contribution in [2.24, 2.45) is 5.92 Å². The Bertz CT molecular complexity index is 950. The van der Waals surface area contributed by atoms with Crippen molar-refractivity contribution in [1.82, 2.24) is 0 Å². The van der Waals surface area contributed by atoms with Gasteiger partial charge in [-0.3, -0.25) is 0 Å². The van der Waals surface area contributed by atoms with Crippen molar-refractivity contribution < 1.29 is 19.1 Å². The van der Waals surface area contributed by atoms with Crippen molar-refractivity contribution in [3.8, 4) is 17.1 Å². The molecule has 3 aromatic rings. The Labute approximate surface area is 171 Å². The Morgan fingerprint density at radius 2 is 1.72 bits per heavy atom. The quantitative estimate of drug-likeness (QED) is 0.512. The maximum absolute atomic E-state index is 11.1. The van der Waals surface area contributed by atoms with E-state index in [4.69, 9.17) is 14.3 Å². The molecule has 0 aliphatic heterocycles. The van der Waals surface area contributed by atoms with Crippen LogP contribution in [0.3, 0.4) is 0 Å². The molecule has 1 atom stereocenters. The molecule has 150 valence electrons. The second-order valence-electron chi connectivity index (χ2n) is 7.75. The first-order valence-corrected chi connectivity index (χ1v) is 10.3. The van der Waals surface area contributed by atoms with Crippen molar-refractivity contribution in [2.45, 2.75) is 45.1 Å². The van der Waals surface area contributed by atoms with Crippen LogP contribution in [0.4, 0.5) is 0 Å². The third-order valence-electron chi connectivity index (χ3n) is 5.76. The molecule has 0 saturated heterocycles. The molecular formula is C25H26O4. The summed E-state index contributed by atoms with van der Waals surface area (Å²) in [5.41, 5.74) is 2.39. The first-order chi connectivity index (χ1) is 14.1. The van der Waals surface area contributed by atoms with E-state index in [0.717, 1.165) is 35.5 Å². The number of furan rings is 1. The summed E-state index contributed by atoms with van der Waals surface area (Å²) >= 11 is 0. The maximum Gasteiger partial charge on any atom is 0.335 e. The Balaban J connectivity index is 1.65. The minimum atomic E-state index is -0.932. The topological polar surface area (TPSA) is 59.7 Å². The Morgan fingerprint density at radius 3 is 2.38 bits per heavy atom. The molecule has 1 aliphatic rings. The summed E-state index contributed by atoms with van der Waals surface area (Å²) < 4.78 is 12.6. The average molecular weight is 390 g/mol. The molecule has 1 fully saturated rings. The number of carboxylic acids is 1. The summed E-state index contributed by atoms with van der Waals surface area (Å²) in [5, 5.41) is 9.13. The van der Waals surface area contributed by atoms with Crippen LogP contribution in [0.5, 0.6) is 5.75 Å². The molecule has 1 unspecified atom stereocenters. The first kappa shape index (κ1) is 19.3. The zero-order valence-electron chi connectivity index (χ0n) is 16.6. The molecule has 1 aliphatic carbocycles. The van der Waals surface area contributed by atoms with Crippen molar-refractivity contribution in [2.75, 3.05) is 0 Å². The number of carbonyl (C=O) groups is 1. The van der Waals surface area contributed by atoms with Crippen molar-refractivity contribution in [1.29, 1.82) is 0 Å². The second kappa shape index (κ2) is 8.56. The molecule has 0 radical (unpaired) electrons. The normalized spacial score (nSPS) is 15.8. The van der Waals surface area contributed by atoms with Crippen LogP contribution in [-0.2, 0) is 0 Å². The first-order valence-electron chi connectivity index (χ1n) is 10.3. The number of aryl methyl sites for hydroxylation is 1. The largest absolute Gasteiger partial charge is 0.485 e. The summed E-state index contributed by atoms with van der Waals surface area (Å²) in [4.78, 5) is 11.1. The van der Waals surface area contributed by atoms with Crippen LogP contribution in [0.2, 0.25) is 0 Å². The number of hydrogen-bond donors (Lipinski definition) is 1. The summed E-state index contributed by atoms with van der Waals surface area (Å²) in [6, 6.07) is 18.9. The number of hydrogen-bond acceptors (Lipinski definition) is 3. The zero-order valence-corrected chi connectivity index (χ0v) is 16.6. The predicted octanol–water partition coefficient (Wildman–Crippen LogP) is 6.65. The lowest BCUT2D eigenvalue weighted by molar-refractivity contribution is 0.0696. The number of carboxylic acid groups (broad SMARTS) is 1. The van der Waals surface area contributed by atoms with Gasteiger partial charge in [-0.05, 0) is 50.1 Å². The van der Waals surface area contributed by atoms with Crippen LogP contribution in [-0.4, -0.2) is 11.1 Å². The van der Waals surface area contributed by atoms with Gasteiger partial charge in [0.1, 0.15) is 23.4 Å². The molecule has 1 N–H and O–H groups in total. The minimum Gasteiger partial charge on any atom is -0.485 e. The minimum absolute atomic E-state index is 0.104. The van der Waals surface area contributed by atoms with E-state index < -0.39 is 5.97 Å². The average Bonchev–Trinajstić information content (AvgIpc) is 3.15. The van der Waals surface area contributed by atoms with Gasteiger partial charge < -0.3 is 14.3 Å². The molecular weight excluding hydrogens is 364 g/mol. The van der Waals surface area contributed by atoms with E-state index in [2.05, 4.69) is 6.07 Å². The van der Waals surface area contributed by atoms with Crippen molar-refractivity contribution >= 4 is 5.97 Å². The van der Waals surface area contributed by atoms with Crippen LogP contribution >= 0.6 is 0 Å². The number of aromatic carboxylic acids is 1. The van der Waals surface area contributed by atoms with Gasteiger partial charge in [0.05, 0.1) is 5.56 Å². The van der Waals surface area contributed by atoms with Crippen LogP contribution in [0, 0.1) is 12.8 Å². The van der Waals surface area contributed by atoms with E-state index >= 15 is 0 Å². The lowest BCUT2D eigenvalue weighted by Gasteiger charge is -2.30. The standard InChI is InChI=1S/C25H26O4/c1-17-22(16-23(28-17)18-8-4-2-5-9-18)24(19-10-6-3-7-11-19)29-21-14-12-20(13-15-21)25(26)27/h2,4-5,8-9,12-16,19,24H,3,6-7,10-11H2,1H3,(H,26,27). The van der Waals surface area contributed by atoms with Crippen molar-refractivity contribution in [3.63, 3.8) is 0 Å². The molecule has 1 heterocycles. The maximum atomic E-state index is 11.1. The van der Waals surface area contributed by atoms with E-state index in [1.807, 2.05) is 37.3 Å². The molecule has 29 heavy (non-hydrogen) atoms. The zero-order chi connectivity index (χ0) is 20.2. The van der Waals surface area contributed by atoms with E-state index in [-0.39, 0.29) is 11.7 Å². The van der Waals surface area contributed by atoms with Gasteiger partial charge in [-0.2, -0.15) is 0 Å². The third kappa shape index (κ3) is 4.37. The lowest BCUT2D eigenvalue weighted by atomic mass is 9.82. The number of rotatable bonds is 6. The molecule has 0 spiro atoms. The van der Waals surface area contributed by atoms with Crippen LogP contribution < -0.4 is 4.74 Å².